The molecule has 3 unspecified atom stereocenters. The molecule has 0 radical (unpaired) electrons. The van der Waals surface area contributed by atoms with Gasteiger partial charge in [-0.3, -0.25) is 0 Å². The number of allylic oxidation sites excluding steroid dienone is 4. The quantitative estimate of drug-likeness (QED) is 0.429. The van der Waals surface area contributed by atoms with Gasteiger partial charge in [-0.25, -0.2) is 0 Å². The van der Waals surface area contributed by atoms with Crippen LogP contribution in [0.5, 0.6) is 0 Å². The lowest BCUT2D eigenvalue weighted by molar-refractivity contribution is 0.329. The Morgan fingerprint density at radius 1 is 1.23 bits per heavy atom. The van der Waals surface area contributed by atoms with Crippen molar-refractivity contribution < 1.29 is 0 Å². The molecular formula is C27H44N4. The van der Waals surface area contributed by atoms with Gasteiger partial charge in [0.25, 0.3) is 0 Å². The van der Waals surface area contributed by atoms with Gasteiger partial charge >= 0.3 is 0 Å². The Labute approximate surface area is 190 Å². The summed E-state index contributed by atoms with van der Waals surface area (Å²) < 4.78 is 0. The monoisotopic (exact) mass is 424 g/mol. The van der Waals surface area contributed by atoms with E-state index < -0.39 is 0 Å². The number of unbranched alkanes of at least 4 members (excludes halogenated alkanes) is 4. The predicted octanol–water partition coefficient (Wildman–Crippen LogP) is 5.09. The molecule has 2 saturated heterocycles. The second kappa shape index (κ2) is 11.6. The van der Waals surface area contributed by atoms with Crippen LogP contribution in [-0.4, -0.2) is 48.1 Å². The van der Waals surface area contributed by atoms with Crippen LogP contribution < -0.4 is 11.1 Å². The smallest absolute Gasteiger partial charge is 0.0698 e. The van der Waals surface area contributed by atoms with Crippen LogP contribution in [0.2, 0.25) is 0 Å². The molecule has 4 heteroatoms. The molecule has 0 bridgehead atoms. The van der Waals surface area contributed by atoms with Crippen molar-refractivity contribution in [3.63, 3.8) is 0 Å². The van der Waals surface area contributed by atoms with Gasteiger partial charge in [-0.2, -0.15) is 0 Å². The molecule has 0 amide bonds. The summed E-state index contributed by atoms with van der Waals surface area (Å²) in [6, 6.07) is 0.412. The Kier molecular flexibility index (Phi) is 8.89. The summed E-state index contributed by atoms with van der Waals surface area (Å²) in [7, 11) is 0. The van der Waals surface area contributed by atoms with Crippen LogP contribution in [0.3, 0.4) is 0 Å². The molecule has 0 aromatic rings. The van der Waals surface area contributed by atoms with Crippen molar-refractivity contribution in [3.8, 4) is 0 Å². The van der Waals surface area contributed by atoms with Gasteiger partial charge in [0.1, 0.15) is 0 Å². The number of rotatable bonds is 12. The lowest BCUT2D eigenvalue weighted by atomic mass is 9.91. The molecule has 2 heterocycles. The highest BCUT2D eigenvalue weighted by atomic mass is 15.2. The summed E-state index contributed by atoms with van der Waals surface area (Å²) >= 11 is 0. The fraction of sp³-hybridized carbons (Fsp3) is 0.630. The Morgan fingerprint density at radius 2 is 2.03 bits per heavy atom. The fourth-order valence-corrected chi connectivity index (χ4v) is 5.16. The van der Waals surface area contributed by atoms with Crippen LogP contribution in [0.1, 0.15) is 64.7 Å². The van der Waals surface area contributed by atoms with E-state index in [9.17, 15) is 0 Å². The molecule has 3 aliphatic rings. The summed E-state index contributed by atoms with van der Waals surface area (Å²) in [4.78, 5) is 4.86. The van der Waals surface area contributed by atoms with Crippen molar-refractivity contribution in [2.45, 2.75) is 76.8 Å². The van der Waals surface area contributed by atoms with Gasteiger partial charge < -0.3 is 20.9 Å². The number of nitrogens with one attached hydrogen (secondary N) is 1. The lowest BCUT2D eigenvalue weighted by Gasteiger charge is -2.33. The molecule has 172 valence electrons. The summed E-state index contributed by atoms with van der Waals surface area (Å²) in [5.41, 5.74) is 11.2. The van der Waals surface area contributed by atoms with Crippen LogP contribution >= 0.6 is 0 Å². The van der Waals surface area contributed by atoms with Crippen LogP contribution in [0.25, 0.3) is 0 Å². The van der Waals surface area contributed by atoms with E-state index in [1.165, 1.54) is 49.8 Å². The van der Waals surface area contributed by atoms with Crippen molar-refractivity contribution in [1.29, 1.82) is 0 Å². The van der Waals surface area contributed by atoms with Crippen molar-refractivity contribution >= 4 is 0 Å². The van der Waals surface area contributed by atoms with Crippen molar-refractivity contribution in [1.82, 2.24) is 15.1 Å². The second-order valence-electron chi connectivity index (χ2n) is 9.63. The Balaban J connectivity index is 1.52. The van der Waals surface area contributed by atoms with E-state index in [4.69, 9.17) is 5.73 Å². The molecule has 3 atom stereocenters. The molecule has 31 heavy (non-hydrogen) atoms. The predicted molar refractivity (Wildman–Crippen MR) is 133 cm³/mol. The molecular weight excluding hydrogens is 380 g/mol. The van der Waals surface area contributed by atoms with Gasteiger partial charge in [-0.1, -0.05) is 70.6 Å². The zero-order valence-corrected chi connectivity index (χ0v) is 19.7. The fourth-order valence-electron chi connectivity index (χ4n) is 5.16. The molecule has 0 saturated carbocycles. The van der Waals surface area contributed by atoms with Gasteiger partial charge in [-0.05, 0) is 43.6 Å². The minimum Gasteiger partial charge on any atom is -0.387 e. The van der Waals surface area contributed by atoms with Crippen molar-refractivity contribution in [3.05, 3.63) is 60.6 Å². The Bertz CT molecular complexity index is 704. The summed E-state index contributed by atoms with van der Waals surface area (Å²) in [6.45, 7) is 19.4. The maximum absolute atomic E-state index is 6.38. The summed E-state index contributed by atoms with van der Waals surface area (Å²) in [5.74, 6) is 0.519. The highest BCUT2D eigenvalue weighted by molar-refractivity contribution is 5.36. The first-order valence-corrected chi connectivity index (χ1v) is 12.4. The van der Waals surface area contributed by atoms with Gasteiger partial charge in [0.05, 0.1) is 6.04 Å². The van der Waals surface area contributed by atoms with Crippen molar-refractivity contribution in [2.24, 2.45) is 11.7 Å². The zero-order chi connectivity index (χ0) is 22.2. The average Bonchev–Trinajstić information content (AvgIpc) is 3.35. The molecule has 3 rings (SSSR count). The number of nitrogens with two attached hydrogens (primary N) is 1. The Morgan fingerprint density at radius 3 is 2.77 bits per heavy atom. The van der Waals surface area contributed by atoms with Gasteiger partial charge in [0, 0.05) is 49.3 Å². The first-order chi connectivity index (χ1) is 15.0. The molecule has 2 aliphatic heterocycles. The van der Waals surface area contributed by atoms with E-state index in [-0.39, 0.29) is 12.1 Å². The number of hydrogen-bond acceptors (Lipinski definition) is 4. The van der Waals surface area contributed by atoms with E-state index >= 15 is 0 Å². The normalized spacial score (nSPS) is 25.8. The molecule has 4 nitrogen and oxygen atoms in total. The maximum Gasteiger partial charge on any atom is 0.0698 e. The van der Waals surface area contributed by atoms with E-state index in [2.05, 4.69) is 60.0 Å². The maximum atomic E-state index is 6.38. The first kappa shape index (κ1) is 23.7. The third-order valence-corrected chi connectivity index (χ3v) is 7.04. The third-order valence-electron chi connectivity index (χ3n) is 7.04. The number of hydrogen-bond donors (Lipinski definition) is 2. The van der Waals surface area contributed by atoms with Crippen molar-refractivity contribution in [2.75, 3.05) is 26.2 Å². The van der Waals surface area contributed by atoms with Crippen LogP contribution in [0, 0.1) is 5.92 Å². The molecule has 0 spiro atoms. The zero-order valence-electron chi connectivity index (χ0n) is 19.7. The number of nitrogens with zero attached hydrogens (tertiary/aromatic N) is 2. The lowest BCUT2D eigenvalue weighted by Crippen LogP contribution is -2.36. The first-order valence-electron chi connectivity index (χ1n) is 12.4. The van der Waals surface area contributed by atoms with E-state index in [0.29, 0.717) is 5.92 Å². The van der Waals surface area contributed by atoms with Gasteiger partial charge in [0.2, 0.25) is 0 Å². The molecule has 1 aliphatic carbocycles. The van der Waals surface area contributed by atoms with Gasteiger partial charge in [-0.15, -0.1) is 0 Å². The highest BCUT2D eigenvalue weighted by Gasteiger charge is 2.34. The number of likely N-dealkylation sites (tertiary alicyclic amines) is 2. The van der Waals surface area contributed by atoms with Gasteiger partial charge in [0.15, 0.2) is 0 Å². The minimum absolute atomic E-state index is 0.174. The second-order valence-corrected chi connectivity index (χ2v) is 9.63. The molecule has 3 N–H and O–H groups in total. The van der Waals surface area contributed by atoms with E-state index in [1.807, 2.05) is 0 Å². The summed E-state index contributed by atoms with van der Waals surface area (Å²) in [6.07, 6.45) is 17.6. The van der Waals surface area contributed by atoms with E-state index in [0.717, 1.165) is 56.8 Å². The highest BCUT2D eigenvalue weighted by Crippen LogP contribution is 2.33. The molecule has 0 aromatic heterocycles. The molecule has 2 fully saturated rings. The van der Waals surface area contributed by atoms with E-state index in [1.54, 1.807) is 0 Å². The third kappa shape index (κ3) is 6.52. The van der Waals surface area contributed by atoms with Crippen LogP contribution in [0.15, 0.2) is 60.6 Å². The van der Waals surface area contributed by atoms with Crippen LogP contribution in [-0.2, 0) is 0 Å². The average molecular weight is 425 g/mol. The summed E-state index contributed by atoms with van der Waals surface area (Å²) in [5, 5.41) is 3.59. The SMILES string of the molecule is C=C(NCCCCCCC)C1CC(N)CN1C(=C)C1=CC=CC(CN2CCCC2=C)C1. The van der Waals surface area contributed by atoms with Crippen LogP contribution in [0.4, 0.5) is 0 Å². The largest absolute Gasteiger partial charge is 0.387 e. The Hall–Kier alpha value is -1.94. The molecule has 0 aromatic carbocycles. The standard InChI is InChI=1S/C27H44N4/c1-5-6-7-8-9-15-29-22(3)27-18-26(28)20-31(27)23(4)25-14-10-13-24(17-25)19-30-16-11-12-21(30)2/h10,13-14,24,26-27,29H,2-9,11-12,15-20,28H2,1H3. The minimum atomic E-state index is 0.174. The topological polar surface area (TPSA) is 44.5 Å².